The van der Waals surface area contributed by atoms with Crippen molar-refractivity contribution in [1.29, 1.82) is 0 Å². The molecule has 0 saturated carbocycles. The summed E-state index contributed by atoms with van der Waals surface area (Å²) in [6, 6.07) is 24.4. The molecule has 2 fully saturated rings. The van der Waals surface area contributed by atoms with E-state index in [9.17, 15) is 19.8 Å². The molecule has 2 aliphatic rings. The lowest BCUT2D eigenvalue weighted by atomic mass is 9.99. The van der Waals surface area contributed by atoms with Crippen molar-refractivity contribution in [2.75, 3.05) is 19.7 Å². The molecule has 0 bridgehead atoms. The highest BCUT2D eigenvalue weighted by Gasteiger charge is 2.35. The lowest BCUT2D eigenvalue weighted by Gasteiger charge is -2.38. The van der Waals surface area contributed by atoms with E-state index < -0.39 is 18.4 Å². The van der Waals surface area contributed by atoms with Crippen LogP contribution in [-0.4, -0.2) is 64.8 Å². The zero-order chi connectivity index (χ0) is 30.9. The van der Waals surface area contributed by atoms with E-state index in [1.807, 2.05) is 78.9 Å². The number of Topliss-reactive ketones (excluding diaryl/α,β-unsaturated/α-hetero) is 1. The maximum atomic E-state index is 12.6. The summed E-state index contributed by atoms with van der Waals surface area (Å²) in [6.45, 7) is 3.59. The Kier molecular flexibility index (Phi) is 11.1. The molecule has 3 aromatic carbocycles. The molecular weight excluding hydrogens is 558 g/mol. The molecule has 3 aromatic rings. The maximum Gasteiger partial charge on any atom is 0.315 e. The number of hydrogen-bond donors (Lipinski definition) is 4. The van der Waals surface area contributed by atoms with Gasteiger partial charge in [-0.15, -0.1) is 0 Å². The summed E-state index contributed by atoms with van der Waals surface area (Å²) < 4.78 is 12.9. The number of carbonyl (C=O) groups is 2. The Hall–Kier alpha value is -3.60. The minimum atomic E-state index is -0.602. The number of nitrogens with zero attached hydrogens (tertiary/aromatic N) is 1. The first-order valence-corrected chi connectivity index (χ1v) is 15.4. The molecule has 234 valence electrons. The van der Waals surface area contributed by atoms with E-state index in [1.54, 1.807) is 0 Å². The van der Waals surface area contributed by atoms with Gasteiger partial charge in [0.15, 0.2) is 12.1 Å². The molecule has 0 aromatic heterocycles. The smallest absolute Gasteiger partial charge is 0.315 e. The summed E-state index contributed by atoms with van der Waals surface area (Å²) in [5.41, 5.74) is 4.64. The van der Waals surface area contributed by atoms with E-state index in [4.69, 9.17) is 9.47 Å². The molecule has 5 atom stereocenters. The van der Waals surface area contributed by atoms with Crippen LogP contribution in [0.5, 0.6) is 0 Å². The summed E-state index contributed by atoms with van der Waals surface area (Å²) >= 11 is 0. The predicted molar refractivity (Wildman–Crippen MR) is 167 cm³/mol. The number of ether oxygens (including phenoxy) is 2. The van der Waals surface area contributed by atoms with Crippen molar-refractivity contribution in [2.24, 2.45) is 0 Å². The van der Waals surface area contributed by atoms with Crippen LogP contribution in [0.3, 0.4) is 0 Å². The minimum absolute atomic E-state index is 0.00840. The van der Waals surface area contributed by atoms with Gasteiger partial charge < -0.3 is 30.3 Å². The highest BCUT2D eigenvalue weighted by Crippen LogP contribution is 2.38. The fourth-order valence-corrected chi connectivity index (χ4v) is 5.97. The predicted octanol–water partition coefficient (Wildman–Crippen LogP) is 4.18. The highest BCUT2D eigenvalue weighted by atomic mass is 16.7. The Bertz CT molecular complexity index is 1350. The van der Waals surface area contributed by atoms with Crippen LogP contribution < -0.4 is 10.6 Å². The monoisotopic (exact) mass is 601 g/mol. The molecule has 9 nitrogen and oxygen atoms in total. The summed E-state index contributed by atoms with van der Waals surface area (Å²) in [4.78, 5) is 27.1. The number of rotatable bonds is 12. The zero-order valence-electron chi connectivity index (χ0n) is 25.2. The Labute approximate surface area is 259 Å². The quantitative estimate of drug-likeness (QED) is 0.246. The second-order valence-corrected chi connectivity index (χ2v) is 11.7. The summed E-state index contributed by atoms with van der Waals surface area (Å²) in [6.07, 6.45) is 2.34. The van der Waals surface area contributed by atoms with E-state index in [0.717, 1.165) is 53.7 Å². The van der Waals surface area contributed by atoms with Gasteiger partial charge in [-0.1, -0.05) is 78.9 Å². The van der Waals surface area contributed by atoms with Crippen LogP contribution in [0, 0.1) is 0 Å². The number of benzene rings is 3. The SMILES string of the molecule is CC(=O)[C@@H](Cc1ccccc1)NC(=O)NCc1ccc(C2O[C@H](CN3CCC[C@H]3CO)C[C@H](c3ccc(CO)cc3)O2)cc1. The van der Waals surface area contributed by atoms with Gasteiger partial charge in [-0.05, 0) is 55.0 Å². The molecule has 1 unspecified atom stereocenters. The van der Waals surface area contributed by atoms with Crippen molar-refractivity contribution < 1.29 is 29.3 Å². The number of ketones is 1. The molecule has 9 heteroatoms. The van der Waals surface area contributed by atoms with Gasteiger partial charge in [0, 0.05) is 31.1 Å². The first-order chi connectivity index (χ1) is 21.4. The van der Waals surface area contributed by atoms with Crippen molar-refractivity contribution in [2.45, 2.75) is 76.3 Å². The Morgan fingerprint density at radius 3 is 2.30 bits per heavy atom. The first-order valence-electron chi connectivity index (χ1n) is 15.4. The molecule has 2 heterocycles. The fraction of sp³-hybridized carbons (Fsp3) is 0.429. The minimum Gasteiger partial charge on any atom is -0.395 e. The van der Waals surface area contributed by atoms with Crippen LogP contribution in [0.2, 0.25) is 0 Å². The average molecular weight is 602 g/mol. The lowest BCUT2D eigenvalue weighted by molar-refractivity contribution is -0.253. The van der Waals surface area contributed by atoms with Gasteiger partial charge in [0.05, 0.1) is 31.5 Å². The van der Waals surface area contributed by atoms with Crippen molar-refractivity contribution in [3.8, 4) is 0 Å². The van der Waals surface area contributed by atoms with Gasteiger partial charge in [0.25, 0.3) is 0 Å². The number of likely N-dealkylation sites (tertiary alicyclic amines) is 1. The average Bonchev–Trinajstić information content (AvgIpc) is 3.51. The molecule has 44 heavy (non-hydrogen) atoms. The molecule has 0 radical (unpaired) electrons. The van der Waals surface area contributed by atoms with E-state index in [-0.39, 0.29) is 37.2 Å². The second kappa shape index (κ2) is 15.4. The fourth-order valence-electron chi connectivity index (χ4n) is 5.97. The molecule has 2 amide bonds. The molecule has 4 N–H and O–H groups in total. The number of nitrogens with one attached hydrogen (secondary N) is 2. The molecule has 0 spiro atoms. The Morgan fingerprint density at radius 2 is 1.61 bits per heavy atom. The number of amides is 2. The molecule has 2 aliphatic heterocycles. The van der Waals surface area contributed by atoms with Crippen LogP contribution in [0.15, 0.2) is 78.9 Å². The third-order valence-corrected chi connectivity index (χ3v) is 8.55. The van der Waals surface area contributed by atoms with Crippen LogP contribution in [0.4, 0.5) is 4.79 Å². The van der Waals surface area contributed by atoms with Crippen LogP contribution in [0.1, 0.15) is 66.4 Å². The third-order valence-electron chi connectivity index (χ3n) is 8.55. The van der Waals surface area contributed by atoms with E-state index in [0.29, 0.717) is 19.4 Å². The maximum absolute atomic E-state index is 12.6. The Morgan fingerprint density at radius 1 is 0.909 bits per heavy atom. The zero-order valence-corrected chi connectivity index (χ0v) is 25.2. The third kappa shape index (κ3) is 8.52. The van der Waals surface area contributed by atoms with E-state index >= 15 is 0 Å². The number of urea groups is 1. The highest BCUT2D eigenvalue weighted by molar-refractivity contribution is 5.87. The second-order valence-electron chi connectivity index (χ2n) is 11.7. The van der Waals surface area contributed by atoms with E-state index in [1.165, 1.54) is 6.92 Å². The summed E-state index contributed by atoms with van der Waals surface area (Å²) in [5.74, 6) is -0.0987. The summed E-state index contributed by atoms with van der Waals surface area (Å²) in [5, 5.41) is 25.0. The van der Waals surface area contributed by atoms with Gasteiger partial charge in [-0.2, -0.15) is 0 Å². The van der Waals surface area contributed by atoms with Gasteiger partial charge in [-0.3, -0.25) is 9.69 Å². The number of hydrogen-bond acceptors (Lipinski definition) is 7. The van der Waals surface area contributed by atoms with Gasteiger partial charge in [0.1, 0.15) is 0 Å². The van der Waals surface area contributed by atoms with Gasteiger partial charge in [0.2, 0.25) is 0 Å². The van der Waals surface area contributed by atoms with Gasteiger partial charge in [-0.25, -0.2) is 4.79 Å². The van der Waals surface area contributed by atoms with Crippen molar-refractivity contribution >= 4 is 11.8 Å². The van der Waals surface area contributed by atoms with E-state index in [2.05, 4.69) is 15.5 Å². The first kappa shape index (κ1) is 31.8. The topological polar surface area (TPSA) is 120 Å². The number of carbonyl (C=O) groups excluding carboxylic acids is 2. The van der Waals surface area contributed by atoms with Crippen molar-refractivity contribution in [3.63, 3.8) is 0 Å². The largest absolute Gasteiger partial charge is 0.395 e. The standard InChI is InChI=1S/C35H43N3O6/c1-24(41)32(18-25-6-3-2-4-7-25)37-35(42)36-20-26-9-15-29(16-10-26)34-43-31(21-38-17-5-8-30(38)23-40)19-33(44-34)28-13-11-27(22-39)12-14-28/h2-4,6-7,9-16,30-34,39-40H,5,8,17-23H2,1H3,(H2,36,37,42)/t30-,31-,32+,33+,34?/m0/s1. The lowest BCUT2D eigenvalue weighted by Crippen LogP contribution is -2.46. The normalized spacial score (nSPS) is 22.8. The van der Waals surface area contributed by atoms with Crippen molar-refractivity contribution in [3.05, 3.63) is 107 Å². The van der Waals surface area contributed by atoms with Crippen LogP contribution in [0.25, 0.3) is 0 Å². The molecule has 0 aliphatic carbocycles. The van der Waals surface area contributed by atoms with Crippen LogP contribution in [-0.2, 0) is 33.8 Å². The number of aliphatic hydroxyl groups excluding tert-OH is 2. The molecule has 5 rings (SSSR count). The van der Waals surface area contributed by atoms with Gasteiger partial charge >= 0.3 is 6.03 Å². The van der Waals surface area contributed by atoms with Crippen LogP contribution >= 0.6 is 0 Å². The number of aliphatic hydroxyl groups is 2. The molecule has 2 saturated heterocycles. The molecular formula is C35H43N3O6. The van der Waals surface area contributed by atoms with Crippen molar-refractivity contribution in [1.82, 2.24) is 15.5 Å². The summed E-state index contributed by atoms with van der Waals surface area (Å²) in [7, 11) is 0. The Balaban J connectivity index is 1.21.